The molecular formula is C29H54N8O5P2S. The summed E-state index contributed by atoms with van der Waals surface area (Å²) < 4.78 is 34.4. The summed E-state index contributed by atoms with van der Waals surface area (Å²) in [6.45, 7) is 21.8. The summed E-state index contributed by atoms with van der Waals surface area (Å²) in [6.07, 6.45) is 9.86. The van der Waals surface area contributed by atoms with Crippen LogP contribution >= 0.6 is 29.0 Å². The lowest BCUT2D eigenvalue weighted by atomic mass is 10.2. The highest BCUT2D eigenvalue weighted by Gasteiger charge is 2.06. The zero-order chi connectivity index (χ0) is 35.4. The largest absolute Gasteiger partial charge is 0.366 e. The van der Waals surface area contributed by atoms with E-state index in [-0.39, 0.29) is 5.91 Å². The Morgan fingerprint density at radius 3 is 1.91 bits per heavy atom. The second kappa shape index (κ2) is 33.1. The maximum Gasteiger partial charge on any atom is 0.252 e. The van der Waals surface area contributed by atoms with Crippen LogP contribution in [0.25, 0.3) is 9.69 Å². The average molecular weight is 692 g/mol. The molecule has 6 N–H and O–H groups in total. The van der Waals surface area contributed by atoms with Crippen LogP contribution in [-0.4, -0.2) is 89.0 Å². The monoisotopic (exact) mass is 691 g/mol. The van der Waals surface area contributed by atoms with Crippen LogP contribution in [0, 0.1) is 13.1 Å². The summed E-state index contributed by atoms with van der Waals surface area (Å²) in [7, 11) is 1.37. The Balaban J connectivity index is 0. The van der Waals surface area contributed by atoms with Crippen LogP contribution in [-0.2, 0) is 18.1 Å². The molecule has 16 heteroatoms. The van der Waals surface area contributed by atoms with E-state index in [9.17, 15) is 4.79 Å². The number of hydrogen-bond acceptors (Lipinski definition) is 9. The predicted octanol–water partition coefficient (Wildman–Crippen LogP) is 5.72. The molecule has 2 unspecified atom stereocenters. The molecule has 0 fully saturated rings. The first-order valence-corrected chi connectivity index (χ1v) is 18.3. The molecule has 0 radical (unpaired) electrons. The minimum atomic E-state index is -0.884. The number of nitrogens with two attached hydrogens (primary N) is 1. The Kier molecular flexibility index (Phi) is 30.0. The summed E-state index contributed by atoms with van der Waals surface area (Å²) in [5.41, 5.74) is 3.00. The van der Waals surface area contributed by atoms with E-state index in [4.69, 9.17) is 46.2 Å². The summed E-state index contributed by atoms with van der Waals surface area (Å²) in [5, 5.41) is 9.57. The van der Waals surface area contributed by atoms with Crippen LogP contribution in [0.5, 0.6) is 0 Å². The number of hydrazine groups is 1. The molecule has 0 saturated carbocycles. The third-order valence-electron chi connectivity index (χ3n) is 5.59. The molecule has 0 bridgehead atoms. The van der Waals surface area contributed by atoms with Gasteiger partial charge in [-0.3, -0.25) is 4.79 Å². The van der Waals surface area contributed by atoms with Gasteiger partial charge in [0.1, 0.15) is 20.4 Å². The Bertz CT molecular complexity index is 981. The third kappa shape index (κ3) is 28.9. The molecule has 0 saturated heterocycles. The molecule has 0 aliphatic carbocycles. The number of rotatable bonds is 25. The van der Waals surface area contributed by atoms with Gasteiger partial charge in [-0.15, -0.1) is 0 Å². The second-order valence-electron chi connectivity index (χ2n) is 9.12. The topological polar surface area (TPSA) is 150 Å². The maximum atomic E-state index is 12.0. The van der Waals surface area contributed by atoms with Crippen molar-refractivity contribution in [1.29, 1.82) is 0 Å². The zero-order valence-electron chi connectivity index (χ0n) is 29.2. The van der Waals surface area contributed by atoms with Crippen LogP contribution in [0.2, 0.25) is 1.41 Å². The molecule has 0 aromatic carbocycles. The van der Waals surface area contributed by atoms with E-state index < -0.39 is 16.8 Å². The fourth-order valence-electron chi connectivity index (χ4n) is 3.25. The van der Waals surface area contributed by atoms with E-state index in [0.29, 0.717) is 55.9 Å². The van der Waals surface area contributed by atoms with E-state index in [1.165, 1.54) is 20.0 Å². The molecule has 1 rings (SSSR count). The molecule has 45 heavy (non-hydrogen) atoms. The second-order valence-corrected chi connectivity index (χ2v) is 12.3. The van der Waals surface area contributed by atoms with E-state index >= 15 is 0 Å². The Morgan fingerprint density at radius 2 is 1.44 bits per heavy atom. The number of nitrogens with one attached hydrogen (secondary N) is 4. The first-order valence-electron chi connectivity index (χ1n) is 16.2. The van der Waals surface area contributed by atoms with Gasteiger partial charge in [0.2, 0.25) is 13.1 Å². The van der Waals surface area contributed by atoms with Crippen molar-refractivity contribution >= 4 is 45.8 Å². The fraction of sp³-hybridized carbons (Fsp3) is 0.690. The maximum absolute atomic E-state index is 12.0. The van der Waals surface area contributed by atoms with Crippen molar-refractivity contribution < 1.29 is 25.7 Å². The SMILES string of the molecule is [2H]NNc1ccc(C(=O)NCCCCCCOP(C)OCC[N+]#[C-])cn1.[3H]C.[C-]#[N+]CCOP(C)OCCCCCCNC(=S)NC. The Morgan fingerprint density at radius 1 is 0.933 bits per heavy atom. The summed E-state index contributed by atoms with van der Waals surface area (Å²) in [6, 6.07) is 3.28. The molecular weight excluding hydrogens is 634 g/mol. The Labute approximate surface area is 281 Å². The number of unbranched alkanes of at least 4 members (excludes halogenated alkanes) is 6. The molecule has 1 heterocycles. The molecule has 13 nitrogen and oxygen atoms in total. The predicted molar refractivity (Wildman–Crippen MR) is 190 cm³/mol. The van der Waals surface area contributed by atoms with Gasteiger partial charge in [0.15, 0.2) is 21.9 Å². The van der Waals surface area contributed by atoms with Gasteiger partial charge in [-0.25, -0.2) is 24.0 Å². The number of pyridine rings is 1. The lowest BCUT2D eigenvalue weighted by molar-refractivity contribution is 0.0952. The molecule has 1 aromatic heterocycles. The van der Waals surface area contributed by atoms with Gasteiger partial charge in [-0.05, 0) is 50.0 Å². The van der Waals surface area contributed by atoms with E-state index in [2.05, 4.69) is 36.1 Å². The molecule has 256 valence electrons. The fourth-order valence-corrected chi connectivity index (χ4v) is 4.95. The number of carbonyl (C=O) groups excluding carboxylic acids is 1. The summed E-state index contributed by atoms with van der Waals surface area (Å²) >= 11 is 4.97. The van der Waals surface area contributed by atoms with Gasteiger partial charge in [-0.2, -0.15) is 0 Å². The highest BCUT2D eigenvalue weighted by atomic mass is 32.1. The lowest BCUT2D eigenvalue weighted by Gasteiger charge is -2.11. The zero-order valence-corrected chi connectivity index (χ0v) is 29.8. The van der Waals surface area contributed by atoms with Gasteiger partial charge < -0.3 is 49.2 Å². The van der Waals surface area contributed by atoms with Gasteiger partial charge in [-0.1, -0.05) is 33.1 Å². The van der Waals surface area contributed by atoms with Crippen LogP contribution < -0.4 is 27.2 Å². The molecule has 1 aromatic rings. The van der Waals surface area contributed by atoms with Gasteiger partial charge >= 0.3 is 0 Å². The molecule has 0 aliphatic rings. The lowest BCUT2D eigenvalue weighted by Crippen LogP contribution is -2.32. The number of hydrogen-bond donors (Lipinski definition) is 5. The highest BCUT2D eigenvalue weighted by molar-refractivity contribution is 7.80. The van der Waals surface area contributed by atoms with Gasteiger partial charge in [0, 0.05) is 41.0 Å². The van der Waals surface area contributed by atoms with Crippen molar-refractivity contribution in [3.8, 4) is 0 Å². The van der Waals surface area contributed by atoms with Crippen molar-refractivity contribution in [2.24, 2.45) is 5.84 Å². The first-order chi connectivity index (χ1) is 22.9. The smallest absolute Gasteiger partial charge is 0.252 e. The van der Waals surface area contributed by atoms with Crippen molar-refractivity contribution in [3.05, 3.63) is 46.7 Å². The minimum absolute atomic E-state index is 0.153. The standard InChI is InChI=1S/C16H26N5O3P.C12H24N3O2PS.CH4/c1-18-10-12-24-25(2)23-11-6-4-3-5-9-19-16(22)14-7-8-15(21-17)20-13-14;1-13-9-11-17-18(3)16-10-7-5-4-6-8-15-12(19)14-2;/h7-8,13H,3-6,9-12,17H2,2H3,(H,19,22)(H,20,21);4-11H2,2-3H3,(H2,14,15,19);1H4/i;;1T/hD. The number of amides is 1. The summed E-state index contributed by atoms with van der Waals surface area (Å²) in [4.78, 5) is 22.4. The van der Waals surface area contributed by atoms with E-state index in [0.717, 1.165) is 58.1 Å². The number of carbonyl (C=O) groups is 1. The molecule has 1 amide bonds. The van der Waals surface area contributed by atoms with Gasteiger partial charge in [0.25, 0.3) is 5.91 Å². The van der Waals surface area contributed by atoms with Crippen molar-refractivity contribution in [2.75, 3.05) is 78.4 Å². The third-order valence-corrected chi connectivity index (χ3v) is 8.13. The Hall–Kier alpha value is -2.25. The number of nitrogens with zero attached hydrogens (tertiary/aromatic N) is 3. The summed E-state index contributed by atoms with van der Waals surface area (Å²) in [5.74, 6) is 2.35. The van der Waals surface area contributed by atoms with Gasteiger partial charge in [0.05, 0.1) is 18.8 Å². The number of thiocarbonyl (C=S) groups is 1. The van der Waals surface area contributed by atoms with Crippen LogP contribution in [0.3, 0.4) is 0 Å². The van der Waals surface area contributed by atoms with Crippen LogP contribution in [0.4, 0.5) is 5.82 Å². The molecule has 0 aliphatic heterocycles. The molecule has 0 spiro atoms. The van der Waals surface area contributed by atoms with Crippen LogP contribution in [0.15, 0.2) is 18.3 Å². The van der Waals surface area contributed by atoms with E-state index in [1.807, 2.05) is 26.2 Å². The average Bonchev–Trinajstić information content (AvgIpc) is 3.08. The highest BCUT2D eigenvalue weighted by Crippen LogP contribution is 2.33. The van der Waals surface area contributed by atoms with E-state index in [1.54, 1.807) is 12.1 Å². The number of anilines is 1. The van der Waals surface area contributed by atoms with Crippen LogP contribution in [0.1, 0.15) is 70.5 Å². The number of aromatic nitrogens is 1. The number of nitrogen functional groups attached to an aromatic ring is 1. The van der Waals surface area contributed by atoms with Crippen molar-refractivity contribution in [3.63, 3.8) is 0 Å². The first kappa shape index (κ1) is 40.8. The minimum Gasteiger partial charge on any atom is -0.366 e. The quantitative estimate of drug-likeness (QED) is 0.0214. The van der Waals surface area contributed by atoms with Crippen molar-refractivity contribution in [1.82, 2.24) is 20.9 Å². The van der Waals surface area contributed by atoms with Crippen molar-refractivity contribution in [2.45, 2.75) is 58.8 Å². The normalized spacial score (nSPS) is 11.8. The molecule has 2 atom stereocenters.